The first-order chi connectivity index (χ1) is 11.7. The van der Waals surface area contributed by atoms with E-state index < -0.39 is 0 Å². The molecule has 3 fully saturated rings. The van der Waals surface area contributed by atoms with Gasteiger partial charge in [0.05, 0.1) is 17.6 Å². The predicted molar refractivity (Wildman–Crippen MR) is 90.6 cm³/mol. The number of hydrogen-bond donors (Lipinski definition) is 1. The number of carbonyl (C=O) groups excluding carboxylic acids is 1. The summed E-state index contributed by atoms with van der Waals surface area (Å²) in [5, 5.41) is 3.05. The van der Waals surface area contributed by atoms with Gasteiger partial charge < -0.3 is 14.8 Å². The molecule has 2 saturated carbocycles. The molecule has 5 heteroatoms. The number of ether oxygens (including phenoxy) is 2. The van der Waals surface area contributed by atoms with Crippen LogP contribution >= 0.6 is 0 Å². The molecule has 1 aromatic heterocycles. The summed E-state index contributed by atoms with van der Waals surface area (Å²) in [7, 11) is 1.73. The summed E-state index contributed by atoms with van der Waals surface area (Å²) < 4.78 is 11.2. The molecule has 0 aromatic carbocycles. The molecule has 0 radical (unpaired) electrons. The van der Waals surface area contributed by atoms with Crippen LogP contribution in [0, 0.1) is 11.3 Å². The second-order valence-corrected chi connectivity index (χ2v) is 7.56. The van der Waals surface area contributed by atoms with E-state index in [2.05, 4.69) is 10.3 Å². The molecule has 2 heterocycles. The van der Waals surface area contributed by atoms with E-state index in [4.69, 9.17) is 9.47 Å². The minimum Gasteiger partial charge on any atom is -0.381 e. The second kappa shape index (κ2) is 6.12. The van der Waals surface area contributed by atoms with Gasteiger partial charge in [-0.25, -0.2) is 0 Å². The Morgan fingerprint density at radius 3 is 2.62 bits per heavy atom. The molecule has 3 aliphatic rings. The number of amides is 1. The molecule has 24 heavy (non-hydrogen) atoms. The van der Waals surface area contributed by atoms with Gasteiger partial charge in [-0.1, -0.05) is 12.8 Å². The van der Waals surface area contributed by atoms with E-state index in [1.807, 2.05) is 12.1 Å². The van der Waals surface area contributed by atoms with E-state index in [1.54, 1.807) is 13.3 Å². The molecule has 1 atom stereocenters. The van der Waals surface area contributed by atoms with Crippen LogP contribution in [-0.4, -0.2) is 31.2 Å². The Bertz CT molecular complexity index is 602. The summed E-state index contributed by atoms with van der Waals surface area (Å²) in [6.07, 6.45) is 9.46. The molecule has 130 valence electrons. The molecule has 1 saturated heterocycles. The third-order valence-corrected chi connectivity index (χ3v) is 6.29. The zero-order chi connectivity index (χ0) is 16.6. The van der Waals surface area contributed by atoms with E-state index >= 15 is 0 Å². The Morgan fingerprint density at radius 1 is 1.25 bits per heavy atom. The lowest BCUT2D eigenvalue weighted by molar-refractivity contribution is -0.118. The fourth-order valence-corrected chi connectivity index (χ4v) is 4.58. The van der Waals surface area contributed by atoms with E-state index in [-0.39, 0.29) is 17.4 Å². The normalized spacial score (nSPS) is 27.1. The first-order valence-electron chi connectivity index (χ1n) is 9.08. The molecule has 1 N–H and O–H groups in total. The van der Waals surface area contributed by atoms with Crippen molar-refractivity contribution in [2.45, 2.75) is 50.5 Å². The van der Waals surface area contributed by atoms with Gasteiger partial charge in [0.15, 0.2) is 0 Å². The molecular weight excluding hydrogens is 304 g/mol. The van der Waals surface area contributed by atoms with E-state index in [1.165, 1.54) is 25.7 Å². The minimum atomic E-state index is -0.356. The third-order valence-electron chi connectivity index (χ3n) is 6.29. The van der Waals surface area contributed by atoms with Gasteiger partial charge in [0.1, 0.15) is 5.60 Å². The number of rotatable bonds is 4. The van der Waals surface area contributed by atoms with Gasteiger partial charge in [0.25, 0.3) is 0 Å². The van der Waals surface area contributed by atoms with Crippen molar-refractivity contribution in [2.75, 3.05) is 25.6 Å². The lowest BCUT2D eigenvalue weighted by atomic mass is 9.90. The molecule has 4 rings (SSSR count). The highest BCUT2D eigenvalue weighted by molar-refractivity contribution is 5.95. The summed E-state index contributed by atoms with van der Waals surface area (Å²) in [5.74, 6) is 0.374. The number of methoxy groups -OCH3 is 1. The SMILES string of the molecule is COC1(c2ccc(NC(=O)C3CC34CCCC4)cn2)CCOCC1. The zero-order valence-corrected chi connectivity index (χ0v) is 14.3. The summed E-state index contributed by atoms with van der Waals surface area (Å²) in [6.45, 7) is 1.38. The van der Waals surface area contributed by atoms with Gasteiger partial charge in [-0.15, -0.1) is 0 Å². The van der Waals surface area contributed by atoms with Crippen LogP contribution in [0.4, 0.5) is 5.69 Å². The third kappa shape index (κ3) is 2.74. The minimum absolute atomic E-state index is 0.166. The van der Waals surface area contributed by atoms with E-state index in [9.17, 15) is 4.79 Å². The molecule has 2 aliphatic carbocycles. The highest BCUT2D eigenvalue weighted by atomic mass is 16.5. The van der Waals surface area contributed by atoms with Gasteiger partial charge in [0, 0.05) is 39.1 Å². The van der Waals surface area contributed by atoms with Crippen molar-refractivity contribution in [2.24, 2.45) is 11.3 Å². The number of nitrogens with zero attached hydrogens (tertiary/aromatic N) is 1. The second-order valence-electron chi connectivity index (χ2n) is 7.56. The van der Waals surface area contributed by atoms with Crippen LogP contribution in [0.5, 0.6) is 0 Å². The fraction of sp³-hybridized carbons (Fsp3) is 0.684. The van der Waals surface area contributed by atoms with Crippen LogP contribution in [0.2, 0.25) is 0 Å². The summed E-state index contributed by atoms with van der Waals surface area (Å²) in [5.41, 5.74) is 1.68. The van der Waals surface area contributed by atoms with Crippen LogP contribution in [0.1, 0.15) is 50.6 Å². The predicted octanol–water partition coefficient (Wildman–Crippen LogP) is 3.25. The van der Waals surface area contributed by atoms with Crippen molar-refractivity contribution in [3.63, 3.8) is 0 Å². The zero-order valence-electron chi connectivity index (χ0n) is 14.3. The fourth-order valence-electron chi connectivity index (χ4n) is 4.58. The highest BCUT2D eigenvalue weighted by Crippen LogP contribution is 2.63. The maximum absolute atomic E-state index is 12.5. The summed E-state index contributed by atoms with van der Waals surface area (Å²) in [6, 6.07) is 3.92. The average Bonchev–Trinajstić information content (AvgIpc) is 3.13. The maximum Gasteiger partial charge on any atom is 0.228 e. The molecule has 1 aromatic rings. The molecule has 0 bridgehead atoms. The Morgan fingerprint density at radius 2 is 2.00 bits per heavy atom. The molecular formula is C19H26N2O3. The lowest BCUT2D eigenvalue weighted by Gasteiger charge is -2.35. The maximum atomic E-state index is 12.5. The topological polar surface area (TPSA) is 60.5 Å². The Balaban J connectivity index is 1.41. The van der Waals surface area contributed by atoms with Crippen molar-refractivity contribution in [3.05, 3.63) is 24.0 Å². The van der Waals surface area contributed by atoms with E-state index in [0.717, 1.165) is 30.6 Å². The van der Waals surface area contributed by atoms with Crippen LogP contribution in [-0.2, 0) is 19.9 Å². The number of pyridine rings is 1. The Labute approximate surface area is 143 Å². The number of hydrogen-bond acceptors (Lipinski definition) is 4. The van der Waals surface area contributed by atoms with Gasteiger partial charge in [-0.3, -0.25) is 9.78 Å². The largest absolute Gasteiger partial charge is 0.381 e. The first kappa shape index (κ1) is 16.0. The number of nitrogens with one attached hydrogen (secondary N) is 1. The Hall–Kier alpha value is -1.46. The Kier molecular flexibility index (Phi) is 4.09. The van der Waals surface area contributed by atoms with Crippen LogP contribution in [0.25, 0.3) is 0 Å². The molecule has 1 amide bonds. The molecule has 1 unspecified atom stereocenters. The summed E-state index contributed by atoms with van der Waals surface area (Å²) in [4.78, 5) is 17.0. The van der Waals surface area contributed by atoms with E-state index in [0.29, 0.717) is 18.6 Å². The van der Waals surface area contributed by atoms with Crippen molar-refractivity contribution in [3.8, 4) is 0 Å². The number of anilines is 1. The number of aromatic nitrogens is 1. The number of carbonyl (C=O) groups is 1. The standard InChI is InChI=1S/C19H26N2O3/c1-23-19(8-10-24-11-9-19)16-5-4-14(13-20-16)21-17(22)15-12-18(15)6-2-3-7-18/h4-5,13,15H,2-3,6-12H2,1H3,(H,21,22). The monoisotopic (exact) mass is 330 g/mol. The van der Waals surface area contributed by atoms with Crippen LogP contribution < -0.4 is 5.32 Å². The first-order valence-corrected chi connectivity index (χ1v) is 9.08. The van der Waals surface area contributed by atoms with Gasteiger partial charge in [-0.05, 0) is 36.8 Å². The van der Waals surface area contributed by atoms with Crippen LogP contribution in [0.15, 0.2) is 18.3 Å². The van der Waals surface area contributed by atoms with Crippen molar-refractivity contribution in [1.82, 2.24) is 4.98 Å². The van der Waals surface area contributed by atoms with Gasteiger partial charge in [-0.2, -0.15) is 0 Å². The van der Waals surface area contributed by atoms with Crippen molar-refractivity contribution in [1.29, 1.82) is 0 Å². The summed E-state index contributed by atoms with van der Waals surface area (Å²) >= 11 is 0. The average molecular weight is 330 g/mol. The van der Waals surface area contributed by atoms with Crippen molar-refractivity contribution >= 4 is 11.6 Å². The van der Waals surface area contributed by atoms with Gasteiger partial charge >= 0.3 is 0 Å². The highest BCUT2D eigenvalue weighted by Gasteiger charge is 2.58. The smallest absolute Gasteiger partial charge is 0.228 e. The molecule has 1 aliphatic heterocycles. The lowest BCUT2D eigenvalue weighted by Crippen LogP contribution is -2.36. The quantitative estimate of drug-likeness (QED) is 0.920. The van der Waals surface area contributed by atoms with Crippen LogP contribution in [0.3, 0.4) is 0 Å². The van der Waals surface area contributed by atoms with Crippen molar-refractivity contribution < 1.29 is 14.3 Å². The molecule has 5 nitrogen and oxygen atoms in total. The molecule has 1 spiro atoms. The van der Waals surface area contributed by atoms with Gasteiger partial charge in [0.2, 0.25) is 5.91 Å².